The number of aromatic nitrogens is 3. The standard InChI is InChI=1S/C28H38N6O/c1-19-25-23(16-24(22-9-10-22)30-26(25)34(31-19)28(2,3)4)27(35)29-17-20-7-6-8-21(15-20)18-33-13-11-32(5)12-14-33/h6-8,15-16,22H,9-14,17-18H2,1-5H3,(H,29,35). The number of piperazine rings is 1. The largest absolute Gasteiger partial charge is 0.348 e. The molecule has 5 rings (SSSR count). The fourth-order valence-electron chi connectivity index (χ4n) is 4.92. The molecule has 0 bridgehead atoms. The third kappa shape index (κ3) is 5.26. The van der Waals surface area contributed by atoms with Crippen LogP contribution in [0.4, 0.5) is 0 Å². The minimum Gasteiger partial charge on any atom is -0.348 e. The van der Waals surface area contributed by atoms with Crippen molar-refractivity contribution in [3.8, 4) is 0 Å². The fraction of sp³-hybridized carbons (Fsp3) is 0.536. The molecule has 2 aliphatic rings. The number of amides is 1. The van der Waals surface area contributed by atoms with Crippen LogP contribution in [0, 0.1) is 6.92 Å². The van der Waals surface area contributed by atoms with Crippen LogP contribution in [-0.2, 0) is 18.6 Å². The highest BCUT2D eigenvalue weighted by atomic mass is 16.1. The molecule has 186 valence electrons. The predicted octanol–water partition coefficient (Wildman–Crippen LogP) is 4.05. The van der Waals surface area contributed by atoms with Crippen molar-refractivity contribution in [2.45, 2.75) is 65.1 Å². The first-order valence-electron chi connectivity index (χ1n) is 12.9. The lowest BCUT2D eigenvalue weighted by atomic mass is 10.1. The second kappa shape index (κ2) is 9.36. The molecule has 1 N–H and O–H groups in total. The summed E-state index contributed by atoms with van der Waals surface area (Å²) in [4.78, 5) is 23.3. The highest BCUT2D eigenvalue weighted by Crippen LogP contribution is 2.41. The number of likely N-dealkylation sites (N-methyl/N-ethyl adjacent to an activating group) is 1. The van der Waals surface area contributed by atoms with Gasteiger partial charge < -0.3 is 10.2 Å². The number of carbonyl (C=O) groups is 1. The number of fused-ring (bicyclic) bond motifs is 1. The molecule has 1 aliphatic carbocycles. The molecule has 1 saturated carbocycles. The van der Waals surface area contributed by atoms with E-state index < -0.39 is 0 Å². The Morgan fingerprint density at radius 3 is 2.49 bits per heavy atom. The first-order valence-corrected chi connectivity index (χ1v) is 12.9. The van der Waals surface area contributed by atoms with Crippen LogP contribution in [-0.4, -0.2) is 63.7 Å². The number of pyridine rings is 1. The van der Waals surface area contributed by atoms with E-state index in [2.05, 4.69) is 67.2 Å². The lowest BCUT2D eigenvalue weighted by Gasteiger charge is -2.32. The number of hydrogen-bond donors (Lipinski definition) is 1. The van der Waals surface area contributed by atoms with Gasteiger partial charge in [0.05, 0.1) is 22.2 Å². The molecular weight excluding hydrogens is 436 g/mol. The van der Waals surface area contributed by atoms with Crippen LogP contribution in [0.1, 0.15) is 72.4 Å². The summed E-state index contributed by atoms with van der Waals surface area (Å²) >= 11 is 0. The smallest absolute Gasteiger partial charge is 0.252 e. The van der Waals surface area contributed by atoms with Gasteiger partial charge in [0.1, 0.15) is 0 Å². The number of carbonyl (C=O) groups excluding carboxylic acids is 1. The molecule has 1 saturated heterocycles. The maximum Gasteiger partial charge on any atom is 0.252 e. The lowest BCUT2D eigenvalue weighted by Crippen LogP contribution is -2.43. The van der Waals surface area contributed by atoms with E-state index in [9.17, 15) is 4.79 Å². The van der Waals surface area contributed by atoms with Gasteiger partial charge in [-0.3, -0.25) is 9.69 Å². The Morgan fingerprint density at radius 2 is 1.80 bits per heavy atom. The second-order valence-corrected chi connectivity index (χ2v) is 11.3. The summed E-state index contributed by atoms with van der Waals surface area (Å²) in [7, 11) is 2.18. The third-order valence-corrected chi connectivity index (χ3v) is 7.15. The van der Waals surface area contributed by atoms with Crippen molar-refractivity contribution in [3.63, 3.8) is 0 Å². The zero-order chi connectivity index (χ0) is 24.7. The maximum atomic E-state index is 13.5. The Labute approximate surface area is 208 Å². The molecule has 1 aliphatic heterocycles. The van der Waals surface area contributed by atoms with Gasteiger partial charge in [-0.1, -0.05) is 24.3 Å². The predicted molar refractivity (Wildman–Crippen MR) is 140 cm³/mol. The number of nitrogens with zero attached hydrogens (tertiary/aromatic N) is 5. The monoisotopic (exact) mass is 474 g/mol. The van der Waals surface area contributed by atoms with Gasteiger partial charge in [-0.25, -0.2) is 9.67 Å². The average Bonchev–Trinajstić information content (AvgIpc) is 3.61. The van der Waals surface area contributed by atoms with Crippen molar-refractivity contribution in [2.24, 2.45) is 0 Å². The van der Waals surface area contributed by atoms with Crippen LogP contribution < -0.4 is 5.32 Å². The minimum atomic E-state index is -0.209. The fourth-order valence-corrected chi connectivity index (χ4v) is 4.92. The van der Waals surface area contributed by atoms with E-state index in [0.29, 0.717) is 18.0 Å². The summed E-state index contributed by atoms with van der Waals surface area (Å²) in [6.45, 7) is 14.2. The molecule has 1 amide bonds. The van der Waals surface area contributed by atoms with Crippen LogP contribution in [0.5, 0.6) is 0 Å². The summed E-state index contributed by atoms with van der Waals surface area (Å²) in [6.07, 6.45) is 2.28. The van der Waals surface area contributed by atoms with Crippen LogP contribution >= 0.6 is 0 Å². The van der Waals surface area contributed by atoms with E-state index in [1.165, 1.54) is 5.56 Å². The topological polar surface area (TPSA) is 66.3 Å². The zero-order valence-corrected chi connectivity index (χ0v) is 21.8. The Bertz CT molecular complexity index is 1230. The molecule has 0 unspecified atom stereocenters. The van der Waals surface area contributed by atoms with Crippen molar-refractivity contribution in [1.29, 1.82) is 0 Å². The highest BCUT2D eigenvalue weighted by Gasteiger charge is 2.30. The Hall–Kier alpha value is -2.77. The summed E-state index contributed by atoms with van der Waals surface area (Å²) < 4.78 is 1.97. The molecular formula is C28H38N6O. The second-order valence-electron chi connectivity index (χ2n) is 11.3. The molecule has 3 heterocycles. The average molecular weight is 475 g/mol. The lowest BCUT2D eigenvalue weighted by molar-refractivity contribution is 0.0952. The van der Waals surface area contributed by atoms with Gasteiger partial charge in [-0.05, 0) is 64.8 Å². The van der Waals surface area contributed by atoms with Crippen molar-refractivity contribution < 1.29 is 4.79 Å². The van der Waals surface area contributed by atoms with Crippen molar-refractivity contribution in [3.05, 3.63) is 58.4 Å². The van der Waals surface area contributed by atoms with Crippen molar-refractivity contribution in [2.75, 3.05) is 33.2 Å². The zero-order valence-electron chi connectivity index (χ0n) is 21.8. The van der Waals surface area contributed by atoms with E-state index >= 15 is 0 Å². The molecule has 2 aromatic heterocycles. The quantitative estimate of drug-likeness (QED) is 0.584. The Balaban J connectivity index is 1.35. The first kappa shape index (κ1) is 23.9. The molecule has 0 spiro atoms. The van der Waals surface area contributed by atoms with Crippen LogP contribution in [0.15, 0.2) is 30.3 Å². The molecule has 0 atom stereocenters. The first-order chi connectivity index (χ1) is 16.7. The normalized spacial score (nSPS) is 17.7. The molecule has 35 heavy (non-hydrogen) atoms. The van der Waals surface area contributed by atoms with Gasteiger partial charge in [0.25, 0.3) is 5.91 Å². The molecule has 3 aromatic rings. The van der Waals surface area contributed by atoms with Crippen LogP contribution in [0.3, 0.4) is 0 Å². The maximum absolute atomic E-state index is 13.5. The highest BCUT2D eigenvalue weighted by molar-refractivity contribution is 6.06. The number of hydrogen-bond acceptors (Lipinski definition) is 5. The number of nitrogens with one attached hydrogen (secondary N) is 1. The SMILES string of the molecule is Cc1nn(C(C)(C)C)c2nc(C3CC3)cc(C(=O)NCc3cccc(CN4CCN(C)CC4)c3)c12. The summed E-state index contributed by atoms with van der Waals surface area (Å²) in [5, 5.41) is 8.83. The van der Waals surface area contributed by atoms with E-state index in [4.69, 9.17) is 10.1 Å². The number of benzene rings is 1. The molecule has 1 aromatic carbocycles. The van der Waals surface area contributed by atoms with Crippen molar-refractivity contribution >= 4 is 16.9 Å². The number of rotatable bonds is 6. The van der Waals surface area contributed by atoms with Crippen LogP contribution in [0.2, 0.25) is 0 Å². The molecule has 7 heteroatoms. The summed E-state index contributed by atoms with van der Waals surface area (Å²) in [6, 6.07) is 10.6. The third-order valence-electron chi connectivity index (χ3n) is 7.15. The summed E-state index contributed by atoms with van der Waals surface area (Å²) in [5.74, 6) is 0.404. The van der Waals surface area contributed by atoms with E-state index in [1.807, 2.05) is 17.7 Å². The van der Waals surface area contributed by atoms with E-state index in [0.717, 1.165) is 73.6 Å². The molecule has 7 nitrogen and oxygen atoms in total. The van der Waals surface area contributed by atoms with Gasteiger partial charge in [-0.2, -0.15) is 5.10 Å². The van der Waals surface area contributed by atoms with E-state index in [1.54, 1.807) is 0 Å². The van der Waals surface area contributed by atoms with Gasteiger partial charge >= 0.3 is 0 Å². The van der Waals surface area contributed by atoms with Gasteiger partial charge in [-0.15, -0.1) is 0 Å². The molecule has 0 radical (unpaired) electrons. The Morgan fingerprint density at radius 1 is 1.09 bits per heavy atom. The van der Waals surface area contributed by atoms with Gasteiger partial charge in [0.15, 0.2) is 5.65 Å². The van der Waals surface area contributed by atoms with Gasteiger partial charge in [0, 0.05) is 50.9 Å². The van der Waals surface area contributed by atoms with Gasteiger partial charge in [0.2, 0.25) is 0 Å². The number of aryl methyl sites for hydroxylation is 1. The van der Waals surface area contributed by atoms with Crippen LogP contribution in [0.25, 0.3) is 11.0 Å². The minimum absolute atomic E-state index is 0.0553. The Kier molecular flexibility index (Phi) is 6.40. The summed E-state index contributed by atoms with van der Waals surface area (Å²) in [5.41, 5.74) is 5.59. The van der Waals surface area contributed by atoms with E-state index in [-0.39, 0.29) is 11.4 Å². The van der Waals surface area contributed by atoms with Crippen molar-refractivity contribution in [1.82, 2.24) is 29.9 Å². The molecule has 2 fully saturated rings.